The van der Waals surface area contributed by atoms with Crippen LogP contribution >= 0.6 is 0 Å². The number of hydrogen-bond acceptors (Lipinski definition) is 9. The fourth-order valence-electron chi connectivity index (χ4n) is 13.9. The first kappa shape index (κ1) is 74.9. The summed E-state index contributed by atoms with van der Waals surface area (Å²) in [4.78, 5) is 0. The highest BCUT2D eigenvalue weighted by molar-refractivity contribution is 5.62. The maximum Gasteiger partial charge on any atom is 0.126 e. The van der Waals surface area contributed by atoms with Crippen LogP contribution in [0.1, 0.15) is 258 Å². The maximum atomic E-state index is 10.2. The van der Waals surface area contributed by atoms with Gasteiger partial charge in [-0.1, -0.05) is 234 Å². The molecule has 9 aromatic carbocycles. The molecule has 0 aromatic heterocycles. The van der Waals surface area contributed by atoms with Crippen molar-refractivity contribution in [3.05, 3.63) is 279 Å². The summed E-state index contributed by atoms with van der Waals surface area (Å²) in [5.41, 5.74) is 21.7. The maximum absolute atomic E-state index is 10.2. The number of rotatable bonds is 12. The first-order valence-corrected chi connectivity index (χ1v) is 35.9. The summed E-state index contributed by atoms with van der Waals surface area (Å²) in [5, 5.41) is 30.5. The molecule has 0 N–H and O–H groups in total. The Kier molecular flexibility index (Phi) is 21.8. The van der Waals surface area contributed by atoms with E-state index in [1.807, 2.05) is 72.8 Å². The smallest absolute Gasteiger partial charge is 0.126 e. The van der Waals surface area contributed by atoms with Crippen molar-refractivity contribution < 1.29 is 28.4 Å². The van der Waals surface area contributed by atoms with Gasteiger partial charge in [-0.3, -0.25) is 0 Å². The number of fused-ring (bicyclic) bond motifs is 12. The minimum Gasteiger partial charge on any atom is -0.496 e. The van der Waals surface area contributed by atoms with E-state index in [4.69, 9.17) is 28.4 Å². The quantitative estimate of drug-likeness (QED) is 0.117. The molecule has 0 aliphatic heterocycles. The average Bonchev–Trinajstić information content (AvgIpc) is 0.769. The molecule has 0 amide bonds. The Morgan fingerprint density at radius 1 is 0.255 bits per heavy atom. The van der Waals surface area contributed by atoms with Gasteiger partial charge in [-0.25, -0.2) is 0 Å². The van der Waals surface area contributed by atoms with Crippen LogP contribution in [0.15, 0.2) is 146 Å². The standard InChI is InChI=1S/C93H105N3O6/c1-88(2,3)76-40-64-34-70-46-79(91(10,11)12)48-72(85(70)100-55-61-28-22-25-58(31-61)52-94)36-66-42-77(89(4,5)6)44-68(83(66)98-20)38-74-50-81(93(16,17)18)51-75(87(74)102-57-63-30-24-27-60(33-63)54-96)39-69-45-78(90(7,8)9)43-67(84(69)99-21)37-73-49-80(92(13,14)15)47-71(35-65(41-76)82(64)97-19)86(73)101-56-62-29-23-26-59(32-62)53-95/h22-33,40-51H,34-39,55-57H2,1-21H3. The van der Waals surface area contributed by atoms with Crippen LogP contribution in [0.5, 0.6) is 34.5 Å². The van der Waals surface area contributed by atoms with E-state index in [2.05, 4.69) is 216 Å². The molecule has 9 nitrogen and oxygen atoms in total. The van der Waals surface area contributed by atoms with Gasteiger partial charge in [-0.2, -0.15) is 15.8 Å². The highest BCUT2D eigenvalue weighted by atomic mass is 16.5. The van der Waals surface area contributed by atoms with Gasteiger partial charge >= 0.3 is 0 Å². The highest BCUT2D eigenvalue weighted by Gasteiger charge is 2.32. The van der Waals surface area contributed by atoms with Gasteiger partial charge in [0.05, 0.1) is 56.2 Å². The van der Waals surface area contributed by atoms with E-state index in [1.165, 1.54) is 0 Å². The third-order valence-electron chi connectivity index (χ3n) is 19.9. The van der Waals surface area contributed by atoms with E-state index in [0.29, 0.717) is 55.2 Å². The van der Waals surface area contributed by atoms with Gasteiger partial charge in [0.2, 0.25) is 0 Å². The van der Waals surface area contributed by atoms with Crippen LogP contribution in [-0.2, 0) is 90.8 Å². The van der Waals surface area contributed by atoms with E-state index < -0.39 is 0 Å². The number of ether oxygens (including phenoxy) is 6. The molecule has 9 heteroatoms. The molecule has 12 bridgehead atoms. The van der Waals surface area contributed by atoms with Crippen LogP contribution in [-0.4, -0.2) is 21.3 Å². The van der Waals surface area contributed by atoms with Crippen molar-refractivity contribution in [3.63, 3.8) is 0 Å². The molecule has 0 saturated heterocycles. The molecule has 0 unspecified atom stereocenters. The molecule has 102 heavy (non-hydrogen) atoms. The second-order valence-corrected chi connectivity index (χ2v) is 34.2. The zero-order valence-corrected chi connectivity index (χ0v) is 64.5. The van der Waals surface area contributed by atoms with Crippen LogP contribution in [0.4, 0.5) is 0 Å². The minimum atomic E-state index is -0.292. The Hall–Kier alpha value is -9.75. The lowest BCUT2D eigenvalue weighted by Gasteiger charge is -2.29. The SMILES string of the molecule is COc1c2cc(C(C)(C)C)cc1Cc1cc(C(C)(C)C)cc(c1OCc1cccc(C#N)c1)Cc1cc(C(C)(C)C)cc(c1OC)Cc1cc(C(C)(C)C)cc(c1OCc1cccc(C#N)c1)Cc1cc(C(C)(C)C)cc(c1OC)Cc1cc(C(C)(C)C)cc(c1OCc1cccc(C#N)c1)C2. The largest absolute Gasteiger partial charge is 0.496 e. The molecule has 0 spiro atoms. The fraction of sp³-hybridized carbons (Fsp3) is 0.387. The molecule has 1 aliphatic carbocycles. The molecule has 0 saturated carbocycles. The molecule has 1 aliphatic rings. The highest BCUT2D eigenvalue weighted by Crippen LogP contribution is 2.47. The third kappa shape index (κ3) is 17.4. The Morgan fingerprint density at radius 2 is 0.422 bits per heavy atom. The lowest BCUT2D eigenvalue weighted by Crippen LogP contribution is -2.17. The summed E-state index contributed by atoms with van der Waals surface area (Å²) in [7, 11) is 5.38. The number of hydrogen-bond donors (Lipinski definition) is 0. The first-order chi connectivity index (χ1) is 48.0. The van der Waals surface area contributed by atoms with Crippen LogP contribution in [0.2, 0.25) is 0 Å². The van der Waals surface area contributed by atoms with E-state index >= 15 is 0 Å². The molecule has 528 valence electrons. The molecule has 0 radical (unpaired) electrons. The third-order valence-corrected chi connectivity index (χ3v) is 19.9. The summed E-state index contributed by atoms with van der Waals surface area (Å²) < 4.78 is 42.7. The zero-order chi connectivity index (χ0) is 74.0. The molecule has 0 atom stereocenters. The van der Waals surface area contributed by atoms with Crippen molar-refractivity contribution in [3.8, 4) is 52.7 Å². The molecule has 0 heterocycles. The number of nitrogens with zero attached hydrogens (tertiary/aromatic N) is 3. The lowest BCUT2D eigenvalue weighted by atomic mass is 9.79. The number of methoxy groups -OCH3 is 3. The summed E-state index contributed by atoms with van der Waals surface area (Å²) in [6, 6.07) is 58.2. The Bertz CT molecular complexity index is 4130. The first-order valence-electron chi connectivity index (χ1n) is 35.9. The monoisotopic (exact) mass is 1360 g/mol. The fourth-order valence-corrected chi connectivity index (χ4v) is 13.9. The average molecular weight is 1360 g/mol. The van der Waals surface area contributed by atoms with Crippen molar-refractivity contribution >= 4 is 0 Å². The van der Waals surface area contributed by atoms with Crippen molar-refractivity contribution in [1.82, 2.24) is 0 Å². The van der Waals surface area contributed by atoms with Gasteiger partial charge in [0.1, 0.15) is 54.3 Å². The van der Waals surface area contributed by atoms with Gasteiger partial charge in [0, 0.05) is 38.5 Å². The predicted octanol–water partition coefficient (Wildman–Crippen LogP) is 21.7. The molecular formula is C93H105N3O6. The molecular weight excluding hydrogens is 1260 g/mol. The van der Waals surface area contributed by atoms with Crippen LogP contribution in [0.3, 0.4) is 0 Å². The Balaban J connectivity index is 1.35. The minimum absolute atomic E-state index is 0.221. The van der Waals surface area contributed by atoms with Gasteiger partial charge in [-0.15, -0.1) is 0 Å². The van der Waals surface area contributed by atoms with Gasteiger partial charge < -0.3 is 28.4 Å². The van der Waals surface area contributed by atoms with Gasteiger partial charge in [0.15, 0.2) is 0 Å². The summed E-state index contributed by atoms with van der Waals surface area (Å²) in [5.74, 6) is 4.65. The van der Waals surface area contributed by atoms with Crippen LogP contribution in [0.25, 0.3) is 0 Å². The van der Waals surface area contributed by atoms with Crippen LogP contribution < -0.4 is 28.4 Å². The molecule has 0 fully saturated rings. The van der Waals surface area contributed by atoms with Gasteiger partial charge in [0.25, 0.3) is 0 Å². The van der Waals surface area contributed by atoms with Crippen molar-refractivity contribution in [2.45, 2.75) is 215 Å². The van der Waals surface area contributed by atoms with E-state index in [9.17, 15) is 15.8 Å². The van der Waals surface area contributed by atoms with Gasteiger partial charge in [-0.05, 0) is 186 Å². The predicted molar refractivity (Wildman–Crippen MR) is 414 cm³/mol. The van der Waals surface area contributed by atoms with E-state index in [0.717, 1.165) is 151 Å². The van der Waals surface area contributed by atoms with Crippen LogP contribution in [0, 0.1) is 34.0 Å². The van der Waals surface area contributed by atoms with Crippen molar-refractivity contribution in [2.24, 2.45) is 0 Å². The second-order valence-electron chi connectivity index (χ2n) is 34.2. The molecule has 10 rings (SSSR count). The topological polar surface area (TPSA) is 127 Å². The van der Waals surface area contributed by atoms with Crippen molar-refractivity contribution in [1.29, 1.82) is 15.8 Å². The second kappa shape index (κ2) is 29.7. The van der Waals surface area contributed by atoms with E-state index in [-0.39, 0.29) is 52.3 Å². The summed E-state index contributed by atoms with van der Waals surface area (Å²) >= 11 is 0. The number of nitriles is 3. The Morgan fingerprint density at radius 3 is 0.569 bits per heavy atom. The summed E-state index contributed by atoms with van der Waals surface area (Å²) in [6.45, 7) is 41.6. The molecule has 9 aromatic rings. The van der Waals surface area contributed by atoms with E-state index in [1.54, 1.807) is 21.3 Å². The lowest BCUT2D eigenvalue weighted by molar-refractivity contribution is 0.299. The Labute approximate surface area is 609 Å². The zero-order valence-electron chi connectivity index (χ0n) is 64.5. The number of benzene rings is 9. The summed E-state index contributed by atoms with van der Waals surface area (Å²) in [6.07, 6.45) is 2.77. The van der Waals surface area contributed by atoms with Crippen molar-refractivity contribution in [2.75, 3.05) is 21.3 Å². The normalized spacial score (nSPS) is 13.0.